The lowest BCUT2D eigenvalue weighted by Crippen LogP contribution is -2.49. The van der Waals surface area contributed by atoms with E-state index in [-0.39, 0.29) is 11.6 Å². The van der Waals surface area contributed by atoms with Crippen molar-refractivity contribution in [2.75, 3.05) is 19.7 Å². The summed E-state index contributed by atoms with van der Waals surface area (Å²) in [6, 6.07) is 8.10. The molecule has 0 aliphatic carbocycles. The summed E-state index contributed by atoms with van der Waals surface area (Å²) < 4.78 is 43.3. The van der Waals surface area contributed by atoms with Crippen molar-refractivity contribution in [1.82, 2.24) is 9.88 Å². The van der Waals surface area contributed by atoms with Crippen LogP contribution in [0.5, 0.6) is 0 Å². The number of carboxylic acids is 1. The van der Waals surface area contributed by atoms with Crippen molar-refractivity contribution < 1.29 is 27.8 Å². The monoisotopic (exact) mass is 488 g/mol. The third-order valence-corrected chi connectivity index (χ3v) is 5.03. The Labute approximate surface area is 182 Å². The summed E-state index contributed by atoms with van der Waals surface area (Å²) >= 11 is 3.40. The summed E-state index contributed by atoms with van der Waals surface area (Å²) in [6.07, 6.45) is -2.69. The maximum atomic E-state index is 12.1. The zero-order valence-corrected chi connectivity index (χ0v) is 18.5. The van der Waals surface area contributed by atoms with E-state index in [2.05, 4.69) is 46.6 Å². The van der Waals surface area contributed by atoms with E-state index in [1.54, 1.807) is 0 Å². The van der Waals surface area contributed by atoms with Gasteiger partial charge < -0.3 is 9.84 Å². The van der Waals surface area contributed by atoms with Gasteiger partial charge in [-0.2, -0.15) is 13.2 Å². The molecule has 1 N–H and O–H groups in total. The summed E-state index contributed by atoms with van der Waals surface area (Å²) in [4.78, 5) is 17.2. The molecule has 1 aliphatic rings. The second-order valence-electron chi connectivity index (χ2n) is 7.73. The Bertz CT molecular complexity index is 852. The van der Waals surface area contributed by atoms with Crippen LogP contribution in [0.3, 0.4) is 0 Å². The molecular weight excluding hydrogens is 465 g/mol. The van der Waals surface area contributed by atoms with Crippen LogP contribution in [0.15, 0.2) is 47.1 Å². The molecule has 0 spiro atoms. The quantitative estimate of drug-likeness (QED) is 0.611. The maximum absolute atomic E-state index is 12.1. The molecule has 1 fully saturated rings. The average molecular weight is 489 g/mol. The van der Waals surface area contributed by atoms with Crippen molar-refractivity contribution in [3.8, 4) is 0 Å². The molecule has 1 aliphatic heterocycles. The molecule has 2 aromatic rings. The van der Waals surface area contributed by atoms with E-state index in [1.165, 1.54) is 6.07 Å². The zero-order chi connectivity index (χ0) is 22.5. The Kier molecular flexibility index (Phi) is 8.01. The van der Waals surface area contributed by atoms with Gasteiger partial charge in [0, 0.05) is 29.3 Å². The topological polar surface area (TPSA) is 62.7 Å². The lowest BCUT2D eigenvalue weighted by molar-refractivity contribution is -0.138. The number of hydrogen-bond acceptors (Lipinski definition) is 4. The van der Waals surface area contributed by atoms with E-state index >= 15 is 0 Å². The van der Waals surface area contributed by atoms with Crippen LogP contribution in [-0.4, -0.2) is 46.2 Å². The van der Waals surface area contributed by atoms with E-state index in [0.29, 0.717) is 0 Å². The van der Waals surface area contributed by atoms with Crippen molar-refractivity contribution in [2.45, 2.75) is 38.6 Å². The maximum Gasteiger partial charge on any atom is 0.417 e. The molecule has 30 heavy (non-hydrogen) atoms. The molecule has 0 amide bonds. The number of pyridine rings is 1. The van der Waals surface area contributed by atoms with Crippen molar-refractivity contribution >= 4 is 21.9 Å². The summed E-state index contributed by atoms with van der Waals surface area (Å²) in [5, 5.41) is 8.43. The standard InChI is InChI=1S/C13H19BrN2O.C8H5F3O2/c1-13(2,3)16-6-7-17-12(9-16)11-5-4-10(14)8-15-11;9-8(10,11)6-4-2-1-3-5(6)7(12)13/h4-5,8,12H,6-7,9H2,1-3H3;1-4H,(H,12,13). The fraction of sp³-hybridized carbons (Fsp3) is 0.429. The Balaban J connectivity index is 0.000000222. The van der Waals surface area contributed by atoms with Crippen LogP contribution in [-0.2, 0) is 10.9 Å². The lowest BCUT2D eigenvalue weighted by atomic mass is 10.0. The second-order valence-corrected chi connectivity index (χ2v) is 8.64. The van der Waals surface area contributed by atoms with E-state index in [4.69, 9.17) is 9.84 Å². The van der Waals surface area contributed by atoms with Gasteiger partial charge in [0.2, 0.25) is 0 Å². The molecule has 164 valence electrons. The van der Waals surface area contributed by atoms with Gasteiger partial charge in [-0.3, -0.25) is 9.88 Å². The third kappa shape index (κ3) is 6.78. The van der Waals surface area contributed by atoms with Crippen molar-refractivity contribution in [2.24, 2.45) is 0 Å². The predicted octanol–water partition coefficient (Wildman–Crippen LogP) is 5.42. The van der Waals surface area contributed by atoms with Crippen LogP contribution in [0.1, 0.15) is 48.5 Å². The molecule has 1 aromatic heterocycles. The number of halogens is 4. The van der Waals surface area contributed by atoms with Gasteiger partial charge in [0.1, 0.15) is 6.10 Å². The fourth-order valence-corrected chi connectivity index (χ4v) is 3.17. The number of hydrogen-bond donors (Lipinski definition) is 1. The van der Waals surface area contributed by atoms with Gasteiger partial charge in [-0.25, -0.2) is 4.79 Å². The number of aromatic carboxylic acids is 1. The van der Waals surface area contributed by atoms with E-state index in [0.717, 1.165) is 48.1 Å². The summed E-state index contributed by atoms with van der Waals surface area (Å²) in [6.45, 7) is 9.41. The first-order valence-corrected chi connectivity index (χ1v) is 10.1. The summed E-state index contributed by atoms with van der Waals surface area (Å²) in [5.41, 5.74) is -0.642. The number of nitrogens with zero attached hydrogens (tertiary/aromatic N) is 2. The molecule has 1 atom stereocenters. The highest BCUT2D eigenvalue weighted by Gasteiger charge is 2.34. The van der Waals surface area contributed by atoms with E-state index in [9.17, 15) is 18.0 Å². The number of benzene rings is 1. The van der Waals surface area contributed by atoms with Gasteiger partial charge in [-0.05, 0) is 61.0 Å². The molecule has 0 radical (unpaired) electrons. The lowest BCUT2D eigenvalue weighted by Gasteiger charge is -2.41. The first-order chi connectivity index (χ1) is 13.9. The van der Waals surface area contributed by atoms with Crippen LogP contribution >= 0.6 is 15.9 Å². The van der Waals surface area contributed by atoms with Crippen LogP contribution in [0.25, 0.3) is 0 Å². The Morgan fingerprint density at radius 2 is 1.87 bits per heavy atom. The minimum absolute atomic E-state index is 0.0936. The van der Waals surface area contributed by atoms with Gasteiger partial charge in [0.15, 0.2) is 0 Å². The SMILES string of the molecule is CC(C)(C)N1CCOC(c2ccc(Br)cn2)C1.O=C(O)c1ccccc1C(F)(F)F. The molecule has 2 heterocycles. The van der Waals surface area contributed by atoms with Crippen molar-refractivity contribution in [1.29, 1.82) is 0 Å². The highest BCUT2D eigenvalue weighted by molar-refractivity contribution is 9.10. The average Bonchev–Trinajstić information content (AvgIpc) is 2.68. The highest BCUT2D eigenvalue weighted by atomic mass is 79.9. The number of rotatable bonds is 2. The molecule has 0 bridgehead atoms. The van der Waals surface area contributed by atoms with Gasteiger partial charge >= 0.3 is 12.1 Å². The van der Waals surface area contributed by atoms with Crippen molar-refractivity contribution in [3.05, 3.63) is 63.9 Å². The number of alkyl halides is 3. The molecule has 1 aromatic carbocycles. The smallest absolute Gasteiger partial charge is 0.417 e. The number of morpholine rings is 1. The van der Waals surface area contributed by atoms with Crippen LogP contribution in [0, 0.1) is 0 Å². The molecule has 1 unspecified atom stereocenters. The van der Waals surface area contributed by atoms with Crippen LogP contribution in [0.4, 0.5) is 13.2 Å². The van der Waals surface area contributed by atoms with Crippen LogP contribution in [0.2, 0.25) is 0 Å². The molecular formula is C21H24BrF3N2O3. The Hall–Kier alpha value is -1.97. The Morgan fingerprint density at radius 1 is 1.20 bits per heavy atom. The van der Waals surface area contributed by atoms with Gasteiger partial charge in [-0.15, -0.1) is 0 Å². The number of carboxylic acid groups (broad SMARTS) is 1. The zero-order valence-electron chi connectivity index (χ0n) is 16.9. The summed E-state index contributed by atoms with van der Waals surface area (Å²) in [5.74, 6) is -1.58. The molecule has 3 rings (SSSR count). The number of carbonyl (C=O) groups is 1. The van der Waals surface area contributed by atoms with Crippen LogP contribution < -0.4 is 0 Å². The minimum atomic E-state index is -4.62. The minimum Gasteiger partial charge on any atom is -0.478 e. The first-order valence-electron chi connectivity index (χ1n) is 9.27. The second kappa shape index (κ2) is 9.89. The predicted molar refractivity (Wildman–Crippen MR) is 110 cm³/mol. The van der Waals surface area contributed by atoms with Gasteiger partial charge in [-0.1, -0.05) is 12.1 Å². The number of ether oxygens (including phenoxy) is 1. The Morgan fingerprint density at radius 3 is 2.37 bits per heavy atom. The fourth-order valence-electron chi connectivity index (χ4n) is 2.93. The van der Waals surface area contributed by atoms with Crippen molar-refractivity contribution in [3.63, 3.8) is 0 Å². The van der Waals surface area contributed by atoms with E-state index in [1.807, 2.05) is 18.3 Å². The van der Waals surface area contributed by atoms with Gasteiger partial charge in [0.05, 0.1) is 23.4 Å². The third-order valence-electron chi connectivity index (χ3n) is 4.56. The molecule has 1 saturated heterocycles. The normalized spacial score (nSPS) is 17.8. The molecule has 5 nitrogen and oxygen atoms in total. The largest absolute Gasteiger partial charge is 0.478 e. The highest BCUT2D eigenvalue weighted by Crippen LogP contribution is 2.31. The van der Waals surface area contributed by atoms with E-state index < -0.39 is 23.3 Å². The van der Waals surface area contributed by atoms with Gasteiger partial charge in [0.25, 0.3) is 0 Å². The molecule has 0 saturated carbocycles. The summed E-state index contributed by atoms with van der Waals surface area (Å²) in [7, 11) is 0. The number of aromatic nitrogens is 1. The molecule has 9 heteroatoms. The first kappa shape index (κ1) is 24.3.